The van der Waals surface area contributed by atoms with E-state index in [1.807, 2.05) is 23.5 Å². The number of aliphatic imine (C=N–C) groups is 1. The first kappa shape index (κ1) is 13.6. The van der Waals surface area contributed by atoms with Gasteiger partial charge >= 0.3 is 0 Å². The van der Waals surface area contributed by atoms with E-state index in [2.05, 4.69) is 25.4 Å². The van der Waals surface area contributed by atoms with Crippen molar-refractivity contribution >= 4 is 28.7 Å². The van der Waals surface area contributed by atoms with Crippen molar-refractivity contribution in [3.05, 3.63) is 0 Å². The van der Waals surface area contributed by atoms with Gasteiger partial charge in [0, 0.05) is 17.0 Å². The van der Waals surface area contributed by atoms with Crippen LogP contribution in [0.25, 0.3) is 0 Å². The van der Waals surface area contributed by atoms with Crippen molar-refractivity contribution in [1.29, 1.82) is 0 Å². The molecular formula is C13H24N2S2. The summed E-state index contributed by atoms with van der Waals surface area (Å²) in [6.45, 7) is 4.53. The van der Waals surface area contributed by atoms with Crippen molar-refractivity contribution in [2.24, 2.45) is 10.9 Å². The number of rotatable bonds is 3. The lowest BCUT2D eigenvalue weighted by molar-refractivity contribution is 0.426. The minimum Gasteiger partial charge on any atom is -0.361 e. The van der Waals surface area contributed by atoms with Crippen LogP contribution in [0.4, 0.5) is 0 Å². The molecule has 3 unspecified atom stereocenters. The zero-order valence-electron chi connectivity index (χ0n) is 11.1. The molecule has 1 heterocycles. The van der Waals surface area contributed by atoms with E-state index in [4.69, 9.17) is 4.99 Å². The number of nitrogens with zero attached hydrogens (tertiary/aromatic N) is 1. The molecule has 0 bridgehead atoms. The zero-order chi connectivity index (χ0) is 12.3. The molecule has 0 amide bonds. The highest BCUT2D eigenvalue weighted by Crippen LogP contribution is 2.29. The predicted octanol–water partition coefficient (Wildman–Crippen LogP) is 3.38. The lowest BCUT2D eigenvalue weighted by atomic mass is 9.95. The third-order valence-electron chi connectivity index (χ3n) is 3.76. The van der Waals surface area contributed by atoms with Crippen molar-refractivity contribution in [1.82, 2.24) is 5.32 Å². The van der Waals surface area contributed by atoms with Gasteiger partial charge in [-0.3, -0.25) is 4.99 Å². The Labute approximate surface area is 114 Å². The van der Waals surface area contributed by atoms with E-state index in [-0.39, 0.29) is 0 Å². The Morgan fingerprint density at radius 2 is 2.12 bits per heavy atom. The molecule has 1 fully saturated rings. The Balaban J connectivity index is 1.89. The van der Waals surface area contributed by atoms with Crippen LogP contribution in [0.3, 0.4) is 0 Å². The van der Waals surface area contributed by atoms with Crippen molar-refractivity contribution < 1.29 is 0 Å². The molecule has 0 radical (unpaired) electrons. The Kier molecular flexibility index (Phi) is 5.10. The normalized spacial score (nSPS) is 33.9. The quantitative estimate of drug-likeness (QED) is 0.852. The fourth-order valence-electron chi connectivity index (χ4n) is 2.51. The van der Waals surface area contributed by atoms with Crippen LogP contribution in [0.15, 0.2) is 4.99 Å². The Hall–Kier alpha value is 0.170. The summed E-state index contributed by atoms with van der Waals surface area (Å²) in [6.07, 6.45) is 7.70. The van der Waals surface area contributed by atoms with Crippen molar-refractivity contribution in [2.45, 2.75) is 56.9 Å². The van der Waals surface area contributed by atoms with E-state index < -0.39 is 0 Å². The van der Waals surface area contributed by atoms with Gasteiger partial charge in [-0.1, -0.05) is 38.5 Å². The van der Waals surface area contributed by atoms with Crippen LogP contribution < -0.4 is 5.32 Å². The van der Waals surface area contributed by atoms with E-state index in [1.165, 1.54) is 30.9 Å². The molecule has 1 aliphatic heterocycles. The molecule has 17 heavy (non-hydrogen) atoms. The highest BCUT2D eigenvalue weighted by molar-refractivity contribution is 8.14. The number of thioether (sulfide) groups is 2. The summed E-state index contributed by atoms with van der Waals surface area (Å²) in [5.74, 6) is 1.83. The summed E-state index contributed by atoms with van der Waals surface area (Å²) in [5.41, 5.74) is 0. The van der Waals surface area contributed by atoms with Crippen LogP contribution in [-0.2, 0) is 0 Å². The summed E-state index contributed by atoms with van der Waals surface area (Å²) in [5, 5.41) is 5.68. The highest BCUT2D eigenvalue weighted by Gasteiger charge is 2.28. The standard InChI is InChI=1S/C13H24N2S2/c1-9(2)11-8-17-13(15-11)14-10-6-4-5-7-12(10)16-3/h9-12H,4-8H2,1-3H3,(H,14,15). The van der Waals surface area contributed by atoms with Crippen LogP contribution in [0.1, 0.15) is 39.5 Å². The number of hydrogen-bond donors (Lipinski definition) is 1. The van der Waals surface area contributed by atoms with E-state index in [0.717, 1.165) is 11.0 Å². The molecular weight excluding hydrogens is 248 g/mol. The lowest BCUT2D eigenvalue weighted by Gasteiger charge is -2.31. The maximum atomic E-state index is 4.81. The molecule has 1 aliphatic carbocycles. The third kappa shape index (κ3) is 3.57. The smallest absolute Gasteiger partial charge is 0.157 e. The van der Waals surface area contributed by atoms with E-state index >= 15 is 0 Å². The summed E-state index contributed by atoms with van der Waals surface area (Å²) >= 11 is 3.93. The molecule has 0 saturated heterocycles. The summed E-state index contributed by atoms with van der Waals surface area (Å²) in [6, 6.07) is 1.18. The largest absolute Gasteiger partial charge is 0.361 e. The van der Waals surface area contributed by atoms with Gasteiger partial charge in [-0.25, -0.2) is 0 Å². The monoisotopic (exact) mass is 272 g/mol. The van der Waals surface area contributed by atoms with Gasteiger partial charge in [0.2, 0.25) is 0 Å². The lowest BCUT2D eigenvalue weighted by Crippen LogP contribution is -2.42. The van der Waals surface area contributed by atoms with E-state index in [0.29, 0.717) is 18.0 Å². The molecule has 1 saturated carbocycles. The fraction of sp³-hybridized carbons (Fsp3) is 0.923. The van der Waals surface area contributed by atoms with Crippen molar-refractivity contribution in [3.8, 4) is 0 Å². The van der Waals surface area contributed by atoms with E-state index in [9.17, 15) is 0 Å². The number of amidine groups is 1. The Morgan fingerprint density at radius 3 is 2.76 bits per heavy atom. The van der Waals surface area contributed by atoms with Gasteiger partial charge in [-0.05, 0) is 25.0 Å². The summed E-state index contributed by atoms with van der Waals surface area (Å²) < 4.78 is 0. The second kappa shape index (κ2) is 6.37. The SMILES string of the molecule is CSC1CCCCC1NC1=NC(C(C)C)CS1. The van der Waals surface area contributed by atoms with E-state index in [1.54, 1.807) is 0 Å². The third-order valence-corrected chi connectivity index (χ3v) is 5.93. The molecule has 2 aliphatic rings. The zero-order valence-corrected chi connectivity index (χ0v) is 12.7. The number of nitrogens with one attached hydrogen (secondary N) is 1. The van der Waals surface area contributed by atoms with Crippen molar-refractivity contribution in [3.63, 3.8) is 0 Å². The first-order valence-corrected chi connectivity index (χ1v) is 8.98. The molecule has 3 atom stereocenters. The maximum absolute atomic E-state index is 4.81. The van der Waals surface area contributed by atoms with Gasteiger partial charge in [0.15, 0.2) is 5.17 Å². The minimum atomic E-state index is 0.527. The van der Waals surface area contributed by atoms with Gasteiger partial charge in [-0.15, -0.1) is 0 Å². The fourth-order valence-corrected chi connectivity index (χ4v) is 4.68. The van der Waals surface area contributed by atoms with Gasteiger partial charge in [0.05, 0.1) is 6.04 Å². The number of hydrogen-bond acceptors (Lipinski definition) is 4. The molecule has 2 rings (SSSR count). The Bertz CT molecular complexity index is 279. The van der Waals surface area contributed by atoms with Gasteiger partial charge in [0.25, 0.3) is 0 Å². The topological polar surface area (TPSA) is 24.4 Å². The van der Waals surface area contributed by atoms with Crippen LogP contribution in [0.5, 0.6) is 0 Å². The van der Waals surface area contributed by atoms with Crippen molar-refractivity contribution in [2.75, 3.05) is 12.0 Å². The average Bonchev–Trinajstić information content (AvgIpc) is 2.78. The van der Waals surface area contributed by atoms with Gasteiger partial charge < -0.3 is 5.32 Å². The molecule has 0 spiro atoms. The summed E-state index contributed by atoms with van der Waals surface area (Å²) in [4.78, 5) is 4.81. The molecule has 0 aromatic heterocycles. The van der Waals surface area contributed by atoms with Gasteiger partial charge in [-0.2, -0.15) is 11.8 Å². The van der Waals surface area contributed by atoms with Crippen LogP contribution >= 0.6 is 23.5 Å². The first-order valence-electron chi connectivity index (χ1n) is 6.70. The van der Waals surface area contributed by atoms with Crippen LogP contribution in [0.2, 0.25) is 0 Å². The van der Waals surface area contributed by atoms with Crippen LogP contribution in [-0.4, -0.2) is 34.5 Å². The van der Waals surface area contributed by atoms with Crippen LogP contribution in [0, 0.1) is 5.92 Å². The maximum Gasteiger partial charge on any atom is 0.157 e. The molecule has 4 heteroatoms. The Morgan fingerprint density at radius 1 is 1.35 bits per heavy atom. The molecule has 98 valence electrons. The van der Waals surface area contributed by atoms with Gasteiger partial charge in [0.1, 0.15) is 0 Å². The molecule has 0 aromatic rings. The average molecular weight is 272 g/mol. The second-order valence-corrected chi connectivity index (χ2v) is 7.45. The minimum absolute atomic E-state index is 0.527. The summed E-state index contributed by atoms with van der Waals surface area (Å²) in [7, 11) is 0. The molecule has 2 nitrogen and oxygen atoms in total. The molecule has 1 N–H and O–H groups in total. The first-order chi connectivity index (χ1) is 8.20. The second-order valence-electron chi connectivity index (χ2n) is 5.37. The molecule has 0 aromatic carbocycles. The highest BCUT2D eigenvalue weighted by atomic mass is 32.2. The predicted molar refractivity (Wildman–Crippen MR) is 81.2 cm³/mol.